The van der Waals surface area contributed by atoms with Gasteiger partial charge in [-0.2, -0.15) is 5.26 Å². The molecule has 5 rings (SSSR count). The SMILES string of the molecule is Cc1c[nH]c2cc(F)c(CNC(=O)c3ccnc(Cc4ccc5ncc(C#N)cc5c4)c3)cc12. The average molecular weight is 449 g/mol. The van der Waals surface area contributed by atoms with Crippen molar-refractivity contribution in [1.29, 1.82) is 5.26 Å². The molecule has 5 aromatic rings. The van der Waals surface area contributed by atoms with Gasteiger partial charge < -0.3 is 10.3 Å². The molecule has 0 aliphatic rings. The van der Waals surface area contributed by atoms with Gasteiger partial charge in [0.15, 0.2) is 0 Å². The number of amides is 1. The van der Waals surface area contributed by atoms with Crippen LogP contribution in [0.15, 0.2) is 67.1 Å². The zero-order chi connectivity index (χ0) is 23.7. The molecule has 166 valence electrons. The molecule has 0 saturated heterocycles. The zero-order valence-corrected chi connectivity index (χ0v) is 18.4. The Morgan fingerprint density at radius 3 is 2.88 bits per heavy atom. The molecule has 0 atom stereocenters. The van der Waals surface area contributed by atoms with Gasteiger partial charge in [-0.25, -0.2) is 4.39 Å². The fourth-order valence-electron chi connectivity index (χ4n) is 4.02. The van der Waals surface area contributed by atoms with Gasteiger partial charge in [0.1, 0.15) is 11.9 Å². The fraction of sp³-hybridized carbons (Fsp3) is 0.111. The Balaban J connectivity index is 1.31. The summed E-state index contributed by atoms with van der Waals surface area (Å²) in [5, 5.41) is 13.7. The Morgan fingerprint density at radius 2 is 2.03 bits per heavy atom. The number of aryl methyl sites for hydroxylation is 1. The molecular formula is C27H20FN5O. The number of carbonyl (C=O) groups is 1. The number of benzene rings is 2. The molecular weight excluding hydrogens is 429 g/mol. The lowest BCUT2D eigenvalue weighted by molar-refractivity contribution is 0.0950. The van der Waals surface area contributed by atoms with Gasteiger partial charge in [0.2, 0.25) is 0 Å². The number of aromatic amines is 1. The van der Waals surface area contributed by atoms with Gasteiger partial charge in [-0.05, 0) is 60.5 Å². The highest BCUT2D eigenvalue weighted by atomic mass is 19.1. The third-order valence-corrected chi connectivity index (χ3v) is 5.83. The van der Waals surface area contributed by atoms with Crippen molar-refractivity contribution < 1.29 is 9.18 Å². The summed E-state index contributed by atoms with van der Waals surface area (Å²) in [6, 6.07) is 16.3. The average Bonchev–Trinajstić information content (AvgIpc) is 3.21. The van der Waals surface area contributed by atoms with E-state index in [0.717, 1.165) is 38.6 Å². The summed E-state index contributed by atoms with van der Waals surface area (Å²) >= 11 is 0. The molecule has 0 aliphatic carbocycles. The molecule has 0 fully saturated rings. The van der Waals surface area contributed by atoms with E-state index in [1.807, 2.05) is 31.3 Å². The molecule has 0 unspecified atom stereocenters. The molecule has 0 saturated carbocycles. The number of rotatable bonds is 5. The van der Waals surface area contributed by atoms with E-state index in [1.54, 1.807) is 36.7 Å². The van der Waals surface area contributed by atoms with Gasteiger partial charge in [-0.3, -0.25) is 14.8 Å². The van der Waals surface area contributed by atoms with Crippen molar-refractivity contribution in [3.63, 3.8) is 0 Å². The normalized spacial score (nSPS) is 11.0. The van der Waals surface area contributed by atoms with E-state index < -0.39 is 0 Å². The van der Waals surface area contributed by atoms with Crippen LogP contribution in [0.2, 0.25) is 0 Å². The summed E-state index contributed by atoms with van der Waals surface area (Å²) < 4.78 is 14.4. The predicted octanol–water partition coefficient (Wildman–Crippen LogP) is 4.95. The number of halogens is 1. The van der Waals surface area contributed by atoms with Crippen molar-refractivity contribution in [2.75, 3.05) is 0 Å². The lowest BCUT2D eigenvalue weighted by atomic mass is 10.0. The van der Waals surface area contributed by atoms with Crippen molar-refractivity contribution >= 4 is 27.7 Å². The summed E-state index contributed by atoms with van der Waals surface area (Å²) in [6.07, 6.45) is 5.50. The summed E-state index contributed by atoms with van der Waals surface area (Å²) in [6.45, 7) is 2.04. The Hall–Kier alpha value is -4.57. The lowest BCUT2D eigenvalue weighted by Gasteiger charge is -2.09. The van der Waals surface area contributed by atoms with Gasteiger partial charge in [-0.1, -0.05) is 6.07 Å². The zero-order valence-electron chi connectivity index (χ0n) is 18.4. The van der Waals surface area contributed by atoms with Crippen molar-refractivity contribution in [3.8, 4) is 6.07 Å². The lowest BCUT2D eigenvalue weighted by Crippen LogP contribution is -2.23. The van der Waals surface area contributed by atoms with Crippen LogP contribution < -0.4 is 5.32 Å². The second kappa shape index (κ2) is 8.75. The molecule has 6 nitrogen and oxygen atoms in total. The maximum atomic E-state index is 14.4. The standard InChI is InChI=1S/C27H20FN5O/c1-16-13-31-26-11-24(28)21(10-23(16)26)15-33-27(34)19-4-5-30-22(9-19)8-17-2-3-25-20(6-17)7-18(12-29)14-32-25/h2-7,9-11,13-14,31H,8,15H2,1H3,(H,33,34). The number of carbonyl (C=O) groups excluding carboxylic acids is 1. The first kappa shape index (κ1) is 21.3. The summed E-state index contributed by atoms with van der Waals surface area (Å²) in [5.41, 5.74) is 5.68. The van der Waals surface area contributed by atoms with Crippen LogP contribution in [0, 0.1) is 24.1 Å². The highest BCUT2D eigenvalue weighted by Gasteiger charge is 2.12. The van der Waals surface area contributed by atoms with Gasteiger partial charge in [-0.15, -0.1) is 0 Å². The van der Waals surface area contributed by atoms with Crippen LogP contribution in [0.5, 0.6) is 0 Å². The number of nitrogens with one attached hydrogen (secondary N) is 2. The molecule has 2 N–H and O–H groups in total. The maximum Gasteiger partial charge on any atom is 0.251 e. The van der Waals surface area contributed by atoms with Crippen LogP contribution in [0.4, 0.5) is 4.39 Å². The minimum Gasteiger partial charge on any atom is -0.361 e. The van der Waals surface area contributed by atoms with E-state index in [1.165, 1.54) is 6.07 Å². The molecule has 0 spiro atoms. The number of hydrogen-bond acceptors (Lipinski definition) is 4. The molecule has 1 amide bonds. The third kappa shape index (κ3) is 4.21. The number of aromatic nitrogens is 3. The monoisotopic (exact) mass is 449 g/mol. The van der Waals surface area contributed by atoms with Gasteiger partial charge in [0.05, 0.1) is 11.1 Å². The molecule has 0 radical (unpaired) electrons. The number of hydrogen-bond donors (Lipinski definition) is 2. The molecule has 34 heavy (non-hydrogen) atoms. The largest absolute Gasteiger partial charge is 0.361 e. The van der Waals surface area contributed by atoms with Crippen molar-refractivity contribution in [2.45, 2.75) is 19.9 Å². The molecule has 0 bridgehead atoms. The highest BCUT2D eigenvalue weighted by molar-refractivity contribution is 5.94. The van der Waals surface area contributed by atoms with Crippen LogP contribution in [0.3, 0.4) is 0 Å². The topological polar surface area (TPSA) is 94.5 Å². The minimum absolute atomic E-state index is 0.0851. The number of nitriles is 1. The van der Waals surface area contributed by atoms with Crippen molar-refractivity contribution in [2.24, 2.45) is 0 Å². The Labute approximate surface area is 195 Å². The van der Waals surface area contributed by atoms with E-state index >= 15 is 0 Å². The summed E-state index contributed by atoms with van der Waals surface area (Å²) in [7, 11) is 0. The van der Waals surface area contributed by atoms with E-state index in [2.05, 4.69) is 26.3 Å². The smallest absolute Gasteiger partial charge is 0.251 e. The van der Waals surface area contributed by atoms with E-state index in [0.29, 0.717) is 23.1 Å². The third-order valence-electron chi connectivity index (χ3n) is 5.83. The molecule has 0 aliphatic heterocycles. The summed E-state index contributed by atoms with van der Waals surface area (Å²) in [4.78, 5) is 24.5. The first-order valence-electron chi connectivity index (χ1n) is 10.8. The van der Waals surface area contributed by atoms with Gasteiger partial charge in [0.25, 0.3) is 5.91 Å². The predicted molar refractivity (Wildman–Crippen MR) is 128 cm³/mol. The van der Waals surface area contributed by atoms with Crippen LogP contribution in [-0.2, 0) is 13.0 Å². The molecule has 7 heteroatoms. The van der Waals surface area contributed by atoms with Crippen LogP contribution in [0.25, 0.3) is 21.8 Å². The maximum absolute atomic E-state index is 14.4. The van der Waals surface area contributed by atoms with Gasteiger partial charge >= 0.3 is 0 Å². The Kier molecular flexibility index (Phi) is 5.48. The number of nitrogens with zero attached hydrogens (tertiary/aromatic N) is 3. The Bertz CT molecular complexity index is 1600. The fourth-order valence-corrected chi connectivity index (χ4v) is 4.02. The second-order valence-corrected chi connectivity index (χ2v) is 8.22. The number of pyridine rings is 2. The summed E-state index contributed by atoms with van der Waals surface area (Å²) in [5.74, 6) is -0.661. The molecule has 3 heterocycles. The quantitative estimate of drug-likeness (QED) is 0.397. The van der Waals surface area contributed by atoms with E-state index in [9.17, 15) is 9.18 Å². The minimum atomic E-state index is -0.365. The van der Waals surface area contributed by atoms with Gasteiger partial charge in [0, 0.05) is 64.7 Å². The Morgan fingerprint density at radius 1 is 1.15 bits per heavy atom. The van der Waals surface area contributed by atoms with Crippen molar-refractivity contribution in [1.82, 2.24) is 20.3 Å². The van der Waals surface area contributed by atoms with Crippen LogP contribution in [0.1, 0.15) is 38.3 Å². The molecule has 3 aromatic heterocycles. The first-order valence-corrected chi connectivity index (χ1v) is 10.8. The van der Waals surface area contributed by atoms with Crippen molar-refractivity contribution in [3.05, 3.63) is 106 Å². The van der Waals surface area contributed by atoms with Crippen LogP contribution in [-0.4, -0.2) is 20.9 Å². The number of fused-ring (bicyclic) bond motifs is 2. The second-order valence-electron chi connectivity index (χ2n) is 8.22. The van der Waals surface area contributed by atoms with Crippen LogP contribution >= 0.6 is 0 Å². The first-order chi connectivity index (χ1) is 16.5. The molecule has 2 aromatic carbocycles. The van der Waals surface area contributed by atoms with E-state index in [-0.39, 0.29) is 18.3 Å². The highest BCUT2D eigenvalue weighted by Crippen LogP contribution is 2.22. The number of H-pyrrole nitrogens is 1. The van der Waals surface area contributed by atoms with E-state index in [4.69, 9.17) is 5.26 Å².